The van der Waals surface area contributed by atoms with Crippen LogP contribution in [-0.2, 0) is 0 Å². The molecule has 1 saturated heterocycles. The summed E-state index contributed by atoms with van der Waals surface area (Å²) in [6, 6.07) is 6.19. The molecule has 2 fully saturated rings. The van der Waals surface area contributed by atoms with Gasteiger partial charge in [0.05, 0.1) is 0 Å². The number of nitrogens with zero attached hydrogens (tertiary/aromatic N) is 1. The monoisotopic (exact) mass is 326 g/mol. The molecule has 1 N–H and O–H groups in total. The molecule has 1 heterocycles. The number of halogens is 2. The Morgan fingerprint density at radius 3 is 2.89 bits per heavy atom. The van der Waals surface area contributed by atoms with Gasteiger partial charge in [0.25, 0.3) is 0 Å². The van der Waals surface area contributed by atoms with E-state index in [4.69, 9.17) is 0 Å². The van der Waals surface area contributed by atoms with E-state index in [0.717, 1.165) is 35.6 Å². The first kappa shape index (κ1) is 13.5. The number of hydrogen-bond acceptors (Lipinski definition) is 2. The fourth-order valence-corrected chi connectivity index (χ4v) is 3.46. The Bertz CT molecular complexity index is 461. The normalized spacial score (nSPS) is 27.9. The summed E-state index contributed by atoms with van der Waals surface area (Å²) in [4.78, 5) is 2.28. The number of likely N-dealkylation sites (tertiary alicyclic amines) is 1. The summed E-state index contributed by atoms with van der Waals surface area (Å²) < 4.78 is 15.1. The molecule has 2 aliphatic rings. The van der Waals surface area contributed by atoms with Crippen LogP contribution in [0.1, 0.15) is 30.9 Å². The van der Waals surface area contributed by atoms with E-state index in [1.165, 1.54) is 12.8 Å². The maximum Gasteiger partial charge on any atom is 0.128 e. The van der Waals surface area contributed by atoms with Crippen molar-refractivity contribution in [3.8, 4) is 0 Å². The molecule has 1 aromatic carbocycles. The van der Waals surface area contributed by atoms with E-state index >= 15 is 0 Å². The molecule has 0 aromatic heterocycles. The molecular weight excluding hydrogens is 307 g/mol. The van der Waals surface area contributed by atoms with Crippen molar-refractivity contribution in [1.82, 2.24) is 10.2 Å². The number of benzene rings is 1. The third-order valence-corrected chi connectivity index (χ3v) is 4.79. The van der Waals surface area contributed by atoms with Crippen molar-refractivity contribution in [2.75, 3.05) is 20.1 Å². The summed E-state index contributed by atoms with van der Waals surface area (Å²) in [5.74, 6) is 0.424. The van der Waals surface area contributed by atoms with Crippen LogP contribution in [0.4, 0.5) is 4.39 Å². The van der Waals surface area contributed by atoms with Gasteiger partial charge in [-0.1, -0.05) is 15.9 Å². The Morgan fingerprint density at radius 1 is 1.37 bits per heavy atom. The van der Waals surface area contributed by atoms with Crippen LogP contribution in [-0.4, -0.2) is 31.1 Å². The predicted octanol–water partition coefficient (Wildman–Crippen LogP) is 3.33. The second-order valence-corrected chi connectivity index (χ2v) is 6.74. The van der Waals surface area contributed by atoms with Crippen molar-refractivity contribution in [3.05, 3.63) is 34.1 Å². The molecule has 2 unspecified atom stereocenters. The molecular formula is C15H20BrFN2. The minimum Gasteiger partial charge on any atom is -0.314 e. The average molecular weight is 327 g/mol. The van der Waals surface area contributed by atoms with Crippen LogP contribution in [0.2, 0.25) is 0 Å². The van der Waals surface area contributed by atoms with Crippen molar-refractivity contribution in [2.24, 2.45) is 5.92 Å². The van der Waals surface area contributed by atoms with Crippen LogP contribution in [0.25, 0.3) is 0 Å². The predicted molar refractivity (Wildman–Crippen MR) is 78.6 cm³/mol. The SMILES string of the molecule is CN1CCC(CNC2CC2)C1c1cc(Br)ccc1F. The summed E-state index contributed by atoms with van der Waals surface area (Å²) in [5.41, 5.74) is 0.831. The highest BCUT2D eigenvalue weighted by molar-refractivity contribution is 9.10. The topological polar surface area (TPSA) is 15.3 Å². The van der Waals surface area contributed by atoms with Crippen molar-refractivity contribution in [2.45, 2.75) is 31.3 Å². The van der Waals surface area contributed by atoms with E-state index in [0.29, 0.717) is 5.92 Å². The first-order valence-corrected chi connectivity index (χ1v) is 7.83. The standard InChI is InChI=1S/C15H20BrFN2/c1-19-7-6-10(9-18-12-3-4-12)15(19)13-8-11(16)2-5-14(13)17/h2,5,8,10,12,15,18H,3-4,6-7,9H2,1H3. The largest absolute Gasteiger partial charge is 0.314 e. The second-order valence-electron chi connectivity index (χ2n) is 5.82. The molecule has 0 bridgehead atoms. The van der Waals surface area contributed by atoms with Gasteiger partial charge < -0.3 is 5.32 Å². The molecule has 0 amide bonds. The number of hydrogen-bond donors (Lipinski definition) is 1. The van der Waals surface area contributed by atoms with E-state index in [9.17, 15) is 4.39 Å². The van der Waals surface area contributed by atoms with Gasteiger partial charge in [0.2, 0.25) is 0 Å². The summed E-state index contributed by atoms with van der Waals surface area (Å²) >= 11 is 3.45. The third-order valence-electron chi connectivity index (χ3n) is 4.30. The fraction of sp³-hybridized carbons (Fsp3) is 0.600. The van der Waals surface area contributed by atoms with E-state index < -0.39 is 0 Å². The Labute approximate surface area is 122 Å². The smallest absolute Gasteiger partial charge is 0.128 e. The average Bonchev–Trinajstić information content (AvgIpc) is 3.14. The minimum absolute atomic E-state index is 0.0848. The zero-order valence-electron chi connectivity index (χ0n) is 11.2. The highest BCUT2D eigenvalue weighted by Crippen LogP contribution is 2.38. The van der Waals surface area contributed by atoms with E-state index in [1.54, 1.807) is 12.1 Å². The third kappa shape index (κ3) is 3.01. The molecule has 1 aliphatic carbocycles. The van der Waals surface area contributed by atoms with Gasteiger partial charge in [-0.15, -0.1) is 0 Å². The molecule has 2 nitrogen and oxygen atoms in total. The quantitative estimate of drug-likeness (QED) is 0.913. The molecule has 0 spiro atoms. The molecule has 19 heavy (non-hydrogen) atoms. The van der Waals surface area contributed by atoms with E-state index in [2.05, 4.69) is 33.2 Å². The second kappa shape index (κ2) is 5.51. The zero-order chi connectivity index (χ0) is 13.4. The minimum atomic E-state index is -0.0848. The van der Waals surface area contributed by atoms with Crippen molar-refractivity contribution in [3.63, 3.8) is 0 Å². The molecule has 2 atom stereocenters. The first-order valence-electron chi connectivity index (χ1n) is 7.03. The van der Waals surface area contributed by atoms with Gasteiger partial charge in [-0.25, -0.2) is 4.39 Å². The van der Waals surface area contributed by atoms with Crippen LogP contribution in [0, 0.1) is 11.7 Å². The molecule has 1 aromatic rings. The summed E-state index contributed by atoms with van der Waals surface area (Å²) in [5, 5.41) is 3.59. The maximum atomic E-state index is 14.1. The molecule has 104 valence electrons. The molecule has 3 rings (SSSR count). The Kier molecular flexibility index (Phi) is 3.92. The summed E-state index contributed by atoms with van der Waals surface area (Å²) in [6.07, 6.45) is 3.75. The summed E-state index contributed by atoms with van der Waals surface area (Å²) in [7, 11) is 2.10. The fourth-order valence-electron chi connectivity index (χ4n) is 3.08. The Balaban J connectivity index is 1.79. The lowest BCUT2D eigenvalue weighted by atomic mass is 9.93. The van der Waals surface area contributed by atoms with Gasteiger partial charge in [-0.05, 0) is 57.0 Å². The van der Waals surface area contributed by atoms with Gasteiger partial charge in [-0.3, -0.25) is 4.90 Å². The number of rotatable bonds is 4. The lowest BCUT2D eigenvalue weighted by molar-refractivity contribution is 0.265. The van der Waals surface area contributed by atoms with Crippen LogP contribution in [0.15, 0.2) is 22.7 Å². The Morgan fingerprint density at radius 2 is 2.16 bits per heavy atom. The van der Waals surface area contributed by atoms with Gasteiger partial charge in [0.1, 0.15) is 5.82 Å². The van der Waals surface area contributed by atoms with Gasteiger partial charge >= 0.3 is 0 Å². The van der Waals surface area contributed by atoms with Crippen LogP contribution in [0.5, 0.6) is 0 Å². The van der Waals surface area contributed by atoms with Crippen LogP contribution in [0.3, 0.4) is 0 Å². The van der Waals surface area contributed by atoms with Gasteiger partial charge in [0, 0.05) is 28.7 Å². The highest BCUT2D eigenvalue weighted by atomic mass is 79.9. The van der Waals surface area contributed by atoms with Crippen molar-refractivity contribution in [1.29, 1.82) is 0 Å². The molecule has 1 saturated carbocycles. The van der Waals surface area contributed by atoms with Gasteiger partial charge in [0.15, 0.2) is 0 Å². The first-order chi connectivity index (χ1) is 9.15. The zero-order valence-corrected chi connectivity index (χ0v) is 12.8. The van der Waals surface area contributed by atoms with Crippen LogP contribution >= 0.6 is 15.9 Å². The summed E-state index contributed by atoms with van der Waals surface area (Å²) in [6.45, 7) is 2.05. The van der Waals surface area contributed by atoms with Crippen LogP contribution < -0.4 is 5.32 Å². The lowest BCUT2D eigenvalue weighted by Crippen LogP contribution is -2.30. The van der Waals surface area contributed by atoms with E-state index in [-0.39, 0.29) is 11.9 Å². The maximum absolute atomic E-state index is 14.1. The van der Waals surface area contributed by atoms with Crippen molar-refractivity contribution >= 4 is 15.9 Å². The van der Waals surface area contributed by atoms with Crippen molar-refractivity contribution < 1.29 is 4.39 Å². The lowest BCUT2D eigenvalue weighted by Gasteiger charge is -2.26. The Hall–Kier alpha value is -0.450. The molecule has 4 heteroatoms. The number of nitrogens with one attached hydrogen (secondary N) is 1. The van der Waals surface area contributed by atoms with E-state index in [1.807, 2.05) is 6.07 Å². The molecule has 1 aliphatic heterocycles. The highest BCUT2D eigenvalue weighted by Gasteiger charge is 2.35. The molecule has 0 radical (unpaired) electrons. The van der Waals surface area contributed by atoms with Gasteiger partial charge in [-0.2, -0.15) is 0 Å².